The summed E-state index contributed by atoms with van der Waals surface area (Å²) in [5.74, 6) is 0.810. The summed E-state index contributed by atoms with van der Waals surface area (Å²) in [6, 6.07) is 7.65. The van der Waals surface area contributed by atoms with E-state index in [-0.39, 0.29) is 40.1 Å². The van der Waals surface area contributed by atoms with Crippen molar-refractivity contribution in [3.05, 3.63) is 51.6 Å². The minimum atomic E-state index is -1.21. The molecule has 4 unspecified atom stereocenters. The van der Waals surface area contributed by atoms with Gasteiger partial charge in [-0.05, 0) is 91.5 Å². The molecule has 8 nitrogen and oxygen atoms in total. The summed E-state index contributed by atoms with van der Waals surface area (Å²) in [4.78, 5) is 32.8. The van der Waals surface area contributed by atoms with Crippen LogP contribution in [-0.4, -0.2) is 51.7 Å². The maximum Gasteiger partial charge on any atom is 0.263 e. The van der Waals surface area contributed by atoms with Gasteiger partial charge in [-0.3, -0.25) is 9.59 Å². The lowest BCUT2D eigenvalue weighted by molar-refractivity contribution is -0.135. The predicted octanol–water partition coefficient (Wildman–Crippen LogP) is 5.23. The van der Waals surface area contributed by atoms with Gasteiger partial charge in [0.25, 0.3) is 11.8 Å². The van der Waals surface area contributed by atoms with Crippen molar-refractivity contribution >= 4 is 40.8 Å². The van der Waals surface area contributed by atoms with E-state index in [9.17, 15) is 14.7 Å². The van der Waals surface area contributed by atoms with Gasteiger partial charge in [0.05, 0.1) is 16.2 Å². The van der Waals surface area contributed by atoms with Crippen molar-refractivity contribution in [2.24, 2.45) is 5.41 Å². The highest BCUT2D eigenvalue weighted by Crippen LogP contribution is 2.65. The number of nitrogens with zero attached hydrogens (tertiary/aromatic N) is 2. The number of anilines is 1. The molecule has 2 amide bonds. The number of piperidine rings is 1. The van der Waals surface area contributed by atoms with E-state index in [1.165, 1.54) is 6.07 Å². The summed E-state index contributed by atoms with van der Waals surface area (Å²) < 4.78 is 6.10. The quantitative estimate of drug-likeness (QED) is 0.390. The number of carbonyl (C=O) groups is 2. The van der Waals surface area contributed by atoms with Gasteiger partial charge in [0.15, 0.2) is 5.60 Å². The Labute approximate surface area is 245 Å². The van der Waals surface area contributed by atoms with Crippen molar-refractivity contribution in [1.29, 1.82) is 0 Å². The first-order chi connectivity index (χ1) is 18.6. The first-order valence-corrected chi connectivity index (χ1v) is 14.6. The molecule has 5 rings (SSSR count). The molecule has 216 valence electrons. The second kappa shape index (κ2) is 10.1. The molecule has 1 aliphatic heterocycles. The zero-order valence-electron chi connectivity index (χ0n) is 23.8. The number of hydrogen-bond acceptors (Lipinski definition) is 6. The fraction of sp³-hybridized carbons (Fsp3) is 0.567. The van der Waals surface area contributed by atoms with Crippen molar-refractivity contribution in [3.8, 4) is 5.75 Å². The van der Waals surface area contributed by atoms with Crippen LogP contribution in [0.3, 0.4) is 0 Å². The van der Waals surface area contributed by atoms with E-state index in [1.807, 2.05) is 26.0 Å². The molecule has 0 radical (unpaired) electrons. The van der Waals surface area contributed by atoms with Crippen LogP contribution in [0, 0.1) is 5.41 Å². The van der Waals surface area contributed by atoms with Gasteiger partial charge in [-0.1, -0.05) is 23.2 Å². The smallest absolute Gasteiger partial charge is 0.263 e. The first kappa shape index (κ1) is 29.0. The van der Waals surface area contributed by atoms with Crippen LogP contribution in [0.5, 0.6) is 5.75 Å². The second-order valence-corrected chi connectivity index (χ2v) is 13.6. The standard InChI is InChI=1S/C30H38Cl2N4O4/c1-16(2)34-26(37)17-7-8-25(33-15-17)36-23-9-10-30(23)14-18(11-24(30)36)35-27(38)29(5,6)40-22-12-19(28(3,4)39)20(31)13-21(22)32/h7-8,12-13,15-16,18,23-24,39H,9-11,14H2,1-6H3,(H,34,37)(H,35,38). The molecular weight excluding hydrogens is 551 g/mol. The SMILES string of the molecule is CC(C)NC(=O)c1ccc(N2C3CCC34CC(NC(=O)C(C)(C)Oc3cc(C(C)(C)O)c(Cl)cc3Cl)CC24)nc1. The van der Waals surface area contributed by atoms with Crippen LogP contribution < -0.4 is 20.3 Å². The predicted molar refractivity (Wildman–Crippen MR) is 156 cm³/mol. The number of aromatic nitrogens is 1. The maximum absolute atomic E-state index is 13.4. The number of nitrogens with one attached hydrogen (secondary N) is 2. The number of pyridine rings is 1. The molecule has 2 aliphatic carbocycles. The van der Waals surface area contributed by atoms with Crippen LogP contribution in [0.25, 0.3) is 0 Å². The van der Waals surface area contributed by atoms with E-state index in [4.69, 9.17) is 27.9 Å². The van der Waals surface area contributed by atoms with Crippen LogP contribution in [0.4, 0.5) is 5.82 Å². The average Bonchev–Trinajstić information content (AvgIpc) is 3.20. The minimum Gasteiger partial charge on any atom is -0.476 e. The summed E-state index contributed by atoms with van der Waals surface area (Å²) in [6.07, 6.45) is 5.62. The lowest BCUT2D eigenvalue weighted by Gasteiger charge is -2.68. The zero-order valence-corrected chi connectivity index (χ0v) is 25.4. The Morgan fingerprint density at radius 2 is 1.88 bits per heavy atom. The Kier molecular flexibility index (Phi) is 7.29. The molecule has 40 heavy (non-hydrogen) atoms. The van der Waals surface area contributed by atoms with Crippen LogP contribution in [0.15, 0.2) is 30.5 Å². The van der Waals surface area contributed by atoms with Gasteiger partial charge in [0.2, 0.25) is 0 Å². The first-order valence-electron chi connectivity index (χ1n) is 13.9. The highest BCUT2D eigenvalue weighted by molar-refractivity contribution is 6.36. The van der Waals surface area contributed by atoms with Gasteiger partial charge in [-0.25, -0.2) is 4.98 Å². The third-order valence-electron chi connectivity index (χ3n) is 8.64. The van der Waals surface area contributed by atoms with Crippen molar-refractivity contribution in [1.82, 2.24) is 15.6 Å². The summed E-state index contributed by atoms with van der Waals surface area (Å²) in [7, 11) is 0. The number of amides is 2. The number of ether oxygens (including phenoxy) is 1. The van der Waals surface area contributed by atoms with E-state index in [0.29, 0.717) is 28.2 Å². The molecule has 4 atom stereocenters. The van der Waals surface area contributed by atoms with Crippen molar-refractivity contribution in [2.45, 2.75) is 103 Å². The Hall–Kier alpha value is -2.55. The summed E-state index contributed by atoms with van der Waals surface area (Å²) in [5.41, 5.74) is -1.20. The zero-order chi connectivity index (χ0) is 29.2. The molecule has 2 aromatic rings. The van der Waals surface area contributed by atoms with Gasteiger partial charge in [-0.15, -0.1) is 0 Å². The van der Waals surface area contributed by atoms with Gasteiger partial charge < -0.3 is 25.4 Å². The normalized spacial score (nSPS) is 25.4. The third-order valence-corrected chi connectivity index (χ3v) is 9.25. The third kappa shape index (κ3) is 5.03. The topological polar surface area (TPSA) is 104 Å². The van der Waals surface area contributed by atoms with Crippen molar-refractivity contribution in [2.75, 3.05) is 4.90 Å². The molecule has 1 aromatic heterocycles. The Morgan fingerprint density at radius 1 is 1.15 bits per heavy atom. The number of benzene rings is 1. The summed E-state index contributed by atoms with van der Waals surface area (Å²) in [6.45, 7) is 10.5. The average molecular weight is 590 g/mol. The molecule has 1 aromatic carbocycles. The molecule has 2 saturated carbocycles. The Morgan fingerprint density at radius 3 is 2.45 bits per heavy atom. The highest BCUT2D eigenvalue weighted by atomic mass is 35.5. The number of aliphatic hydroxyl groups is 1. The van der Waals surface area contributed by atoms with Gasteiger partial charge in [0, 0.05) is 46.4 Å². The summed E-state index contributed by atoms with van der Waals surface area (Å²) >= 11 is 12.7. The van der Waals surface area contributed by atoms with E-state index in [1.54, 1.807) is 40.0 Å². The molecule has 0 bridgehead atoms. The minimum absolute atomic E-state index is 0.0110. The molecular formula is C30H38Cl2N4O4. The van der Waals surface area contributed by atoms with Gasteiger partial charge >= 0.3 is 0 Å². The van der Waals surface area contributed by atoms with Crippen LogP contribution in [0.1, 0.15) is 83.1 Å². The van der Waals surface area contributed by atoms with E-state index >= 15 is 0 Å². The largest absolute Gasteiger partial charge is 0.476 e. The second-order valence-electron chi connectivity index (χ2n) is 12.8. The molecule has 1 spiro atoms. The highest BCUT2D eigenvalue weighted by Gasteiger charge is 2.69. The molecule has 2 heterocycles. The summed E-state index contributed by atoms with van der Waals surface area (Å²) in [5, 5.41) is 17.2. The number of rotatable bonds is 8. The monoisotopic (exact) mass is 588 g/mol. The van der Waals surface area contributed by atoms with E-state index in [2.05, 4.69) is 20.5 Å². The number of hydrogen-bond donors (Lipinski definition) is 3. The number of carbonyl (C=O) groups excluding carboxylic acids is 2. The maximum atomic E-state index is 13.4. The Bertz CT molecular complexity index is 1320. The van der Waals surface area contributed by atoms with Crippen LogP contribution >= 0.6 is 23.2 Å². The van der Waals surface area contributed by atoms with E-state index in [0.717, 1.165) is 31.5 Å². The molecule has 10 heteroatoms. The van der Waals surface area contributed by atoms with Crippen molar-refractivity contribution < 1.29 is 19.4 Å². The van der Waals surface area contributed by atoms with E-state index < -0.39 is 11.2 Å². The lowest BCUT2D eigenvalue weighted by Crippen LogP contribution is -2.75. The molecule has 3 fully saturated rings. The van der Waals surface area contributed by atoms with Crippen LogP contribution in [-0.2, 0) is 10.4 Å². The molecule has 1 saturated heterocycles. The van der Waals surface area contributed by atoms with Gasteiger partial charge in [-0.2, -0.15) is 0 Å². The molecule has 3 N–H and O–H groups in total. The fourth-order valence-corrected chi connectivity index (χ4v) is 7.25. The lowest BCUT2D eigenvalue weighted by atomic mass is 9.53. The van der Waals surface area contributed by atoms with Crippen LogP contribution in [0.2, 0.25) is 10.0 Å². The van der Waals surface area contributed by atoms with Gasteiger partial charge in [0.1, 0.15) is 11.6 Å². The molecule has 3 aliphatic rings. The van der Waals surface area contributed by atoms with Crippen molar-refractivity contribution in [3.63, 3.8) is 0 Å². The number of halogens is 2. The Balaban J connectivity index is 1.25. The fourth-order valence-electron chi connectivity index (χ4n) is 6.60.